The summed E-state index contributed by atoms with van der Waals surface area (Å²) in [6.45, 7) is 1.94. The summed E-state index contributed by atoms with van der Waals surface area (Å²) in [6.07, 6.45) is 0. The van der Waals surface area contributed by atoms with E-state index in [4.69, 9.17) is 4.42 Å². The molecule has 3 aromatic rings. The highest BCUT2D eigenvalue weighted by Gasteiger charge is 2.17. The summed E-state index contributed by atoms with van der Waals surface area (Å²) < 4.78 is 5.81. The van der Waals surface area contributed by atoms with Crippen LogP contribution >= 0.6 is 23.1 Å². The van der Waals surface area contributed by atoms with Gasteiger partial charge >= 0.3 is 5.88 Å². The lowest BCUT2D eigenvalue weighted by atomic mass is 10.3. The summed E-state index contributed by atoms with van der Waals surface area (Å²) in [5, 5.41) is 15.2. The maximum absolute atomic E-state index is 12.0. The summed E-state index contributed by atoms with van der Waals surface area (Å²) >= 11 is 3.12. The van der Waals surface area contributed by atoms with Crippen LogP contribution in [0.3, 0.4) is 0 Å². The lowest BCUT2D eigenvalue weighted by Gasteiger charge is -2.04. The van der Waals surface area contributed by atoms with Gasteiger partial charge in [-0.3, -0.25) is 14.9 Å². The number of aromatic nitrogens is 1. The van der Waals surface area contributed by atoms with Crippen LogP contribution in [0.25, 0.3) is 0 Å². The van der Waals surface area contributed by atoms with E-state index in [2.05, 4.69) is 10.3 Å². The first kappa shape index (κ1) is 16.2. The Bertz CT molecular complexity index is 886. The summed E-state index contributed by atoms with van der Waals surface area (Å²) in [7, 11) is 0. The van der Waals surface area contributed by atoms with Crippen LogP contribution in [0, 0.1) is 17.0 Å². The Morgan fingerprint density at radius 3 is 2.62 bits per heavy atom. The fourth-order valence-electron chi connectivity index (χ4n) is 1.83. The van der Waals surface area contributed by atoms with Crippen molar-refractivity contribution in [2.24, 2.45) is 0 Å². The third kappa shape index (κ3) is 3.81. The molecule has 1 N–H and O–H groups in total. The van der Waals surface area contributed by atoms with Crippen molar-refractivity contribution in [2.45, 2.75) is 16.2 Å². The van der Waals surface area contributed by atoms with E-state index in [9.17, 15) is 14.9 Å². The third-order valence-electron chi connectivity index (χ3n) is 2.91. The highest BCUT2D eigenvalue weighted by molar-refractivity contribution is 8.01. The Morgan fingerprint density at radius 2 is 2.04 bits per heavy atom. The Morgan fingerprint density at radius 1 is 1.29 bits per heavy atom. The number of furan rings is 1. The molecule has 0 aliphatic rings. The summed E-state index contributed by atoms with van der Waals surface area (Å²) in [6, 6.07) is 9.63. The summed E-state index contributed by atoms with van der Waals surface area (Å²) in [5.74, 6) is -1.12. The molecule has 0 bridgehead atoms. The zero-order chi connectivity index (χ0) is 17.1. The first-order chi connectivity index (χ1) is 11.5. The van der Waals surface area contributed by atoms with E-state index < -0.39 is 16.7 Å². The SMILES string of the molecule is Cc1csc(Sc2ccc(NC(=O)c3ccc([N+](=O)[O-])o3)cc2)n1. The maximum atomic E-state index is 12.0. The normalized spacial score (nSPS) is 10.5. The van der Waals surface area contributed by atoms with Gasteiger partial charge in [0.1, 0.15) is 4.92 Å². The highest BCUT2D eigenvalue weighted by atomic mass is 32.2. The fourth-order valence-corrected chi connectivity index (χ4v) is 3.64. The molecule has 0 atom stereocenters. The van der Waals surface area contributed by atoms with Gasteiger partial charge in [0, 0.05) is 21.7 Å². The van der Waals surface area contributed by atoms with Crippen molar-refractivity contribution in [3.8, 4) is 0 Å². The number of amides is 1. The molecule has 0 unspecified atom stereocenters. The topological polar surface area (TPSA) is 98.3 Å². The molecule has 24 heavy (non-hydrogen) atoms. The molecule has 122 valence electrons. The minimum Gasteiger partial charge on any atom is -0.395 e. The van der Waals surface area contributed by atoms with Crippen molar-refractivity contribution in [3.63, 3.8) is 0 Å². The number of nitrogens with zero attached hydrogens (tertiary/aromatic N) is 2. The lowest BCUT2D eigenvalue weighted by molar-refractivity contribution is -0.402. The zero-order valence-corrected chi connectivity index (χ0v) is 14.0. The molecule has 2 aromatic heterocycles. The van der Waals surface area contributed by atoms with Crippen molar-refractivity contribution in [1.82, 2.24) is 4.98 Å². The van der Waals surface area contributed by atoms with Crippen LogP contribution in [-0.2, 0) is 0 Å². The average molecular weight is 361 g/mol. The minimum atomic E-state index is -0.691. The van der Waals surface area contributed by atoms with Crippen molar-refractivity contribution in [2.75, 3.05) is 5.32 Å². The number of hydrogen-bond acceptors (Lipinski definition) is 7. The van der Waals surface area contributed by atoms with Gasteiger partial charge < -0.3 is 9.73 Å². The van der Waals surface area contributed by atoms with Gasteiger partial charge in [0.05, 0.1) is 6.07 Å². The van der Waals surface area contributed by atoms with E-state index in [1.807, 2.05) is 24.4 Å². The number of aryl methyl sites for hydroxylation is 1. The van der Waals surface area contributed by atoms with Crippen molar-refractivity contribution in [3.05, 3.63) is 63.3 Å². The first-order valence-corrected chi connectivity index (χ1v) is 8.46. The predicted octanol–water partition coefficient (Wildman–Crippen LogP) is 4.36. The standard InChI is InChI=1S/C15H11N3O4S2/c1-9-8-23-15(16-9)24-11-4-2-10(3-5-11)17-14(19)12-6-7-13(22-12)18(20)21/h2-8H,1H3,(H,17,19). The zero-order valence-electron chi connectivity index (χ0n) is 12.4. The van der Waals surface area contributed by atoms with E-state index in [0.29, 0.717) is 5.69 Å². The van der Waals surface area contributed by atoms with Crippen LogP contribution < -0.4 is 5.32 Å². The summed E-state index contributed by atoms with van der Waals surface area (Å²) in [5.41, 5.74) is 1.55. The van der Waals surface area contributed by atoms with Gasteiger partial charge in [-0.05, 0) is 37.3 Å². The van der Waals surface area contributed by atoms with E-state index in [1.165, 1.54) is 6.07 Å². The Labute approximate surface area is 144 Å². The molecular weight excluding hydrogens is 350 g/mol. The van der Waals surface area contributed by atoms with Gasteiger partial charge in [0.2, 0.25) is 0 Å². The number of benzene rings is 1. The number of carbonyl (C=O) groups is 1. The Kier molecular flexibility index (Phi) is 4.63. The second-order valence-electron chi connectivity index (χ2n) is 4.73. The van der Waals surface area contributed by atoms with Crippen LogP contribution in [0.1, 0.15) is 16.2 Å². The Balaban J connectivity index is 1.64. The molecule has 2 heterocycles. The quantitative estimate of drug-likeness (QED) is 0.536. The Hall–Kier alpha value is -2.65. The van der Waals surface area contributed by atoms with Crippen molar-refractivity contribution in [1.29, 1.82) is 0 Å². The molecule has 0 aliphatic heterocycles. The van der Waals surface area contributed by atoms with Crippen LogP contribution in [0.2, 0.25) is 0 Å². The van der Waals surface area contributed by atoms with Crippen LogP contribution in [0.5, 0.6) is 0 Å². The van der Waals surface area contributed by atoms with Gasteiger partial charge in [0.25, 0.3) is 5.91 Å². The number of carbonyl (C=O) groups excluding carboxylic acids is 1. The second kappa shape index (κ2) is 6.85. The van der Waals surface area contributed by atoms with E-state index in [1.54, 1.807) is 35.2 Å². The lowest BCUT2D eigenvalue weighted by Crippen LogP contribution is -2.10. The molecule has 0 spiro atoms. The highest BCUT2D eigenvalue weighted by Crippen LogP contribution is 2.31. The largest absolute Gasteiger partial charge is 0.433 e. The van der Waals surface area contributed by atoms with Gasteiger partial charge in [-0.25, -0.2) is 4.98 Å². The molecule has 7 nitrogen and oxygen atoms in total. The monoisotopic (exact) mass is 361 g/mol. The number of thiazole rings is 1. The number of hydrogen-bond donors (Lipinski definition) is 1. The molecule has 0 aliphatic carbocycles. The predicted molar refractivity (Wildman–Crippen MR) is 90.7 cm³/mol. The van der Waals surface area contributed by atoms with Gasteiger partial charge in [-0.1, -0.05) is 11.8 Å². The van der Waals surface area contributed by atoms with Gasteiger partial charge in [0.15, 0.2) is 10.1 Å². The molecule has 1 aromatic carbocycles. The number of rotatable bonds is 5. The average Bonchev–Trinajstić information content (AvgIpc) is 3.18. The summed E-state index contributed by atoms with van der Waals surface area (Å²) in [4.78, 5) is 27.2. The maximum Gasteiger partial charge on any atom is 0.433 e. The number of anilines is 1. The molecule has 0 saturated heterocycles. The van der Waals surface area contributed by atoms with Crippen molar-refractivity contribution >= 4 is 40.6 Å². The van der Waals surface area contributed by atoms with Crippen LogP contribution in [0.4, 0.5) is 11.6 Å². The molecule has 0 fully saturated rings. The van der Waals surface area contributed by atoms with Crippen LogP contribution in [0.15, 0.2) is 55.4 Å². The van der Waals surface area contributed by atoms with Crippen molar-refractivity contribution < 1.29 is 14.1 Å². The molecule has 3 rings (SSSR count). The smallest absolute Gasteiger partial charge is 0.395 e. The second-order valence-corrected chi connectivity index (χ2v) is 6.91. The molecule has 0 saturated carbocycles. The van der Waals surface area contributed by atoms with Crippen LogP contribution in [-0.4, -0.2) is 15.8 Å². The fraction of sp³-hybridized carbons (Fsp3) is 0.0667. The molecule has 9 heteroatoms. The number of nitro groups is 1. The first-order valence-electron chi connectivity index (χ1n) is 6.77. The third-order valence-corrected chi connectivity index (χ3v) is 4.98. The molecule has 0 radical (unpaired) electrons. The van der Waals surface area contributed by atoms with E-state index in [0.717, 1.165) is 21.0 Å². The molecule has 1 amide bonds. The van der Waals surface area contributed by atoms with Gasteiger partial charge in [-0.15, -0.1) is 11.3 Å². The molecular formula is C15H11N3O4S2. The van der Waals surface area contributed by atoms with E-state index in [-0.39, 0.29) is 5.76 Å². The number of nitrogens with one attached hydrogen (secondary N) is 1. The minimum absolute atomic E-state index is 0.113. The van der Waals surface area contributed by atoms with Gasteiger partial charge in [-0.2, -0.15) is 0 Å². The van der Waals surface area contributed by atoms with E-state index >= 15 is 0 Å².